The Morgan fingerprint density at radius 3 is 2.00 bits per heavy atom. The SMILES string of the molecule is COCCCn1c(N(Cc2ncc(C)c(OC)c2C)Cc2ncc(C)c(OC)c2C)nc2cc(C(=O)O)ccc21. The standard InChI is InChI=1S/C30H37N5O5/c1-18-14-31-24(20(3)27(18)39-6)16-34(17-25-21(4)28(40-7)19(2)15-32-25)30-33-23-13-22(29(36)37)9-10-26(23)35(30)11-8-12-38-5/h9-10,13-15H,8,11-12,16-17H2,1-7H3,(H,36,37). The van der Waals surface area contributed by atoms with Crippen LogP contribution < -0.4 is 14.4 Å². The van der Waals surface area contributed by atoms with E-state index in [0.717, 1.165) is 57.1 Å². The summed E-state index contributed by atoms with van der Waals surface area (Å²) in [5.74, 6) is 1.30. The third kappa shape index (κ3) is 5.72. The Hall–Kier alpha value is -4.18. The van der Waals surface area contributed by atoms with Gasteiger partial charge in [-0.15, -0.1) is 0 Å². The number of carboxylic acids is 1. The highest BCUT2D eigenvalue weighted by atomic mass is 16.5. The predicted molar refractivity (Wildman–Crippen MR) is 154 cm³/mol. The summed E-state index contributed by atoms with van der Waals surface area (Å²) in [7, 11) is 5.01. The van der Waals surface area contributed by atoms with Crippen LogP contribution in [0.15, 0.2) is 30.6 Å². The first-order valence-corrected chi connectivity index (χ1v) is 13.2. The average Bonchev–Trinajstić information content (AvgIpc) is 3.29. The van der Waals surface area contributed by atoms with Gasteiger partial charge in [-0.05, 0) is 52.3 Å². The fraction of sp³-hybridized carbons (Fsp3) is 0.400. The first-order chi connectivity index (χ1) is 19.2. The predicted octanol–water partition coefficient (Wildman–Crippen LogP) is 5.02. The van der Waals surface area contributed by atoms with Gasteiger partial charge in [0, 0.05) is 54.9 Å². The van der Waals surface area contributed by atoms with Gasteiger partial charge >= 0.3 is 5.97 Å². The minimum Gasteiger partial charge on any atom is -0.496 e. The maximum atomic E-state index is 11.7. The number of benzene rings is 1. The molecule has 0 atom stereocenters. The van der Waals surface area contributed by atoms with Gasteiger partial charge < -0.3 is 28.8 Å². The summed E-state index contributed by atoms with van der Waals surface area (Å²) < 4.78 is 18.8. The van der Waals surface area contributed by atoms with Gasteiger partial charge in [-0.1, -0.05) is 0 Å². The van der Waals surface area contributed by atoms with Gasteiger partial charge in [0.15, 0.2) is 0 Å². The fourth-order valence-electron chi connectivity index (χ4n) is 5.10. The summed E-state index contributed by atoms with van der Waals surface area (Å²) in [5.41, 5.74) is 7.17. The van der Waals surface area contributed by atoms with Crippen molar-refractivity contribution in [1.82, 2.24) is 19.5 Å². The van der Waals surface area contributed by atoms with E-state index in [-0.39, 0.29) is 5.56 Å². The molecule has 10 heteroatoms. The largest absolute Gasteiger partial charge is 0.496 e. The van der Waals surface area contributed by atoms with E-state index in [0.29, 0.717) is 37.7 Å². The van der Waals surface area contributed by atoms with Gasteiger partial charge in [-0.2, -0.15) is 0 Å². The molecule has 0 amide bonds. The summed E-state index contributed by atoms with van der Waals surface area (Å²) >= 11 is 0. The topological polar surface area (TPSA) is 112 Å². The number of hydrogen-bond acceptors (Lipinski definition) is 8. The molecule has 1 aromatic carbocycles. The Morgan fingerprint density at radius 1 is 0.925 bits per heavy atom. The molecule has 40 heavy (non-hydrogen) atoms. The molecule has 4 aromatic rings. The smallest absolute Gasteiger partial charge is 0.335 e. The number of fused-ring (bicyclic) bond motifs is 1. The number of anilines is 1. The van der Waals surface area contributed by atoms with Gasteiger partial charge in [0.1, 0.15) is 11.5 Å². The molecule has 0 aliphatic heterocycles. The van der Waals surface area contributed by atoms with Crippen LogP contribution >= 0.6 is 0 Å². The second-order valence-corrected chi connectivity index (χ2v) is 9.87. The molecule has 3 heterocycles. The number of hydrogen-bond donors (Lipinski definition) is 1. The highest BCUT2D eigenvalue weighted by Crippen LogP contribution is 2.31. The molecule has 0 spiro atoms. The number of rotatable bonds is 12. The lowest BCUT2D eigenvalue weighted by Crippen LogP contribution is -2.28. The highest BCUT2D eigenvalue weighted by molar-refractivity contribution is 5.93. The lowest BCUT2D eigenvalue weighted by Gasteiger charge is -2.26. The maximum Gasteiger partial charge on any atom is 0.335 e. The fourth-order valence-corrected chi connectivity index (χ4v) is 5.10. The molecule has 212 valence electrons. The molecule has 0 radical (unpaired) electrons. The quantitative estimate of drug-likeness (QED) is 0.244. The molecule has 0 saturated carbocycles. The molecule has 0 unspecified atom stereocenters. The van der Waals surface area contributed by atoms with Crippen LogP contribution in [0, 0.1) is 27.7 Å². The molecule has 4 rings (SSSR count). The van der Waals surface area contributed by atoms with E-state index >= 15 is 0 Å². The average molecular weight is 548 g/mol. The number of carbonyl (C=O) groups is 1. The number of pyridine rings is 2. The van der Waals surface area contributed by atoms with E-state index in [1.165, 1.54) is 0 Å². The van der Waals surface area contributed by atoms with Crippen LogP contribution in [0.25, 0.3) is 11.0 Å². The first-order valence-electron chi connectivity index (χ1n) is 13.2. The third-order valence-electron chi connectivity index (χ3n) is 7.17. The Kier molecular flexibility index (Phi) is 8.89. The number of nitrogens with zero attached hydrogens (tertiary/aromatic N) is 5. The summed E-state index contributed by atoms with van der Waals surface area (Å²) in [6, 6.07) is 5.04. The van der Waals surface area contributed by atoms with Crippen molar-refractivity contribution in [1.29, 1.82) is 0 Å². The zero-order valence-corrected chi connectivity index (χ0v) is 24.2. The summed E-state index contributed by atoms with van der Waals surface area (Å²) in [6.45, 7) is 10.0. The van der Waals surface area contributed by atoms with Gasteiger partial charge in [-0.25, -0.2) is 9.78 Å². The van der Waals surface area contributed by atoms with E-state index in [4.69, 9.17) is 29.2 Å². The summed E-state index contributed by atoms with van der Waals surface area (Å²) in [5, 5.41) is 9.60. The number of aryl methyl sites for hydroxylation is 3. The first kappa shape index (κ1) is 28.8. The number of aromatic carboxylic acids is 1. The second-order valence-electron chi connectivity index (χ2n) is 9.87. The highest BCUT2D eigenvalue weighted by Gasteiger charge is 2.23. The van der Waals surface area contributed by atoms with E-state index in [1.54, 1.807) is 33.5 Å². The molecular weight excluding hydrogens is 510 g/mol. The molecule has 3 aromatic heterocycles. The van der Waals surface area contributed by atoms with Crippen molar-refractivity contribution in [3.8, 4) is 11.5 Å². The molecule has 0 bridgehead atoms. The summed E-state index contributed by atoms with van der Waals surface area (Å²) in [6.07, 6.45) is 4.39. The lowest BCUT2D eigenvalue weighted by atomic mass is 10.1. The van der Waals surface area contributed by atoms with Crippen molar-refractivity contribution in [2.45, 2.75) is 53.8 Å². The van der Waals surface area contributed by atoms with Gasteiger partial charge in [-0.3, -0.25) is 9.97 Å². The molecular formula is C30H37N5O5. The van der Waals surface area contributed by atoms with Crippen LogP contribution in [0.4, 0.5) is 5.95 Å². The van der Waals surface area contributed by atoms with Crippen molar-refractivity contribution in [3.05, 3.63) is 69.8 Å². The van der Waals surface area contributed by atoms with Gasteiger partial charge in [0.25, 0.3) is 0 Å². The van der Waals surface area contributed by atoms with Crippen LogP contribution in [-0.4, -0.2) is 58.5 Å². The number of imidazole rings is 1. The second kappa shape index (κ2) is 12.3. The van der Waals surface area contributed by atoms with Crippen molar-refractivity contribution >= 4 is 23.0 Å². The minimum absolute atomic E-state index is 0.189. The van der Waals surface area contributed by atoms with Crippen molar-refractivity contribution in [2.24, 2.45) is 0 Å². The Bertz CT molecular complexity index is 1470. The molecule has 0 fully saturated rings. The zero-order chi connectivity index (χ0) is 29.0. The van der Waals surface area contributed by atoms with Crippen molar-refractivity contribution in [2.75, 3.05) is 32.8 Å². The van der Waals surface area contributed by atoms with Crippen LogP contribution in [-0.2, 0) is 24.4 Å². The van der Waals surface area contributed by atoms with Crippen LogP contribution in [0.3, 0.4) is 0 Å². The van der Waals surface area contributed by atoms with Crippen LogP contribution in [0.5, 0.6) is 11.5 Å². The molecule has 10 nitrogen and oxygen atoms in total. The normalized spacial score (nSPS) is 11.2. The Morgan fingerprint density at radius 2 is 1.50 bits per heavy atom. The summed E-state index contributed by atoms with van der Waals surface area (Å²) in [4.78, 5) is 28.3. The van der Waals surface area contributed by atoms with E-state index in [1.807, 2.05) is 46.2 Å². The Balaban J connectivity index is 1.89. The van der Waals surface area contributed by atoms with E-state index < -0.39 is 5.97 Å². The monoisotopic (exact) mass is 547 g/mol. The van der Waals surface area contributed by atoms with Crippen molar-refractivity contribution in [3.63, 3.8) is 0 Å². The van der Waals surface area contributed by atoms with E-state index in [2.05, 4.69) is 9.47 Å². The maximum absolute atomic E-state index is 11.7. The van der Waals surface area contributed by atoms with Gasteiger partial charge in [0.2, 0.25) is 5.95 Å². The van der Waals surface area contributed by atoms with Crippen LogP contribution in [0.1, 0.15) is 50.4 Å². The molecule has 1 N–H and O–H groups in total. The van der Waals surface area contributed by atoms with E-state index in [9.17, 15) is 9.90 Å². The molecule has 0 aliphatic carbocycles. The lowest BCUT2D eigenvalue weighted by molar-refractivity contribution is 0.0697. The number of aromatic nitrogens is 4. The number of ether oxygens (including phenoxy) is 3. The number of methoxy groups -OCH3 is 3. The third-order valence-corrected chi connectivity index (χ3v) is 7.17. The Labute approximate surface area is 234 Å². The van der Waals surface area contributed by atoms with Gasteiger partial charge in [0.05, 0.1) is 55.3 Å². The van der Waals surface area contributed by atoms with Crippen LogP contribution in [0.2, 0.25) is 0 Å². The molecule has 0 aliphatic rings. The van der Waals surface area contributed by atoms with Crippen molar-refractivity contribution < 1.29 is 24.1 Å². The zero-order valence-electron chi connectivity index (χ0n) is 24.2. The number of carboxylic acid groups (broad SMARTS) is 1. The minimum atomic E-state index is -0.993. The molecule has 0 saturated heterocycles.